The van der Waals surface area contributed by atoms with E-state index in [9.17, 15) is 9.59 Å². The molecule has 1 aromatic heterocycles. The van der Waals surface area contributed by atoms with Gasteiger partial charge in [0, 0.05) is 6.04 Å². The third-order valence-electron chi connectivity index (χ3n) is 4.96. The van der Waals surface area contributed by atoms with Gasteiger partial charge < -0.3 is 15.4 Å². The number of amides is 2. The monoisotopic (exact) mass is 406 g/mol. The van der Waals surface area contributed by atoms with Crippen LogP contribution in [0, 0.1) is 0 Å². The summed E-state index contributed by atoms with van der Waals surface area (Å²) in [7, 11) is 0. The normalized spacial score (nSPS) is 13.7. The number of ether oxygens (including phenoxy) is 1. The Hall–Kier alpha value is -3.75. The van der Waals surface area contributed by atoms with E-state index in [2.05, 4.69) is 26.2 Å². The van der Waals surface area contributed by atoms with Gasteiger partial charge in [-0.3, -0.25) is 9.59 Å². The molecule has 1 aliphatic carbocycles. The second-order valence-electron chi connectivity index (χ2n) is 7.09. The van der Waals surface area contributed by atoms with E-state index >= 15 is 0 Å². The van der Waals surface area contributed by atoms with Crippen molar-refractivity contribution in [3.63, 3.8) is 0 Å². The molecule has 9 heteroatoms. The molecule has 2 aromatic carbocycles. The number of aromatic nitrogens is 4. The van der Waals surface area contributed by atoms with Gasteiger partial charge in [-0.25, -0.2) is 4.68 Å². The maximum atomic E-state index is 12.6. The molecule has 2 N–H and O–H groups in total. The van der Waals surface area contributed by atoms with Crippen molar-refractivity contribution < 1.29 is 14.3 Å². The molecule has 0 bridgehead atoms. The highest BCUT2D eigenvalue weighted by atomic mass is 16.5. The third-order valence-corrected chi connectivity index (χ3v) is 4.96. The minimum atomic E-state index is -0.347. The molecule has 2 amide bonds. The Kier molecular flexibility index (Phi) is 5.98. The van der Waals surface area contributed by atoms with Crippen molar-refractivity contribution >= 4 is 17.5 Å². The van der Waals surface area contributed by atoms with Crippen molar-refractivity contribution in [1.82, 2.24) is 25.5 Å². The maximum Gasteiger partial charge on any atom is 0.262 e. The molecule has 3 aromatic rings. The number of benzene rings is 2. The van der Waals surface area contributed by atoms with Crippen LogP contribution in [0.3, 0.4) is 0 Å². The summed E-state index contributed by atoms with van der Waals surface area (Å²) in [5.41, 5.74) is 1.69. The van der Waals surface area contributed by atoms with Gasteiger partial charge in [-0.1, -0.05) is 25.0 Å². The fourth-order valence-corrected chi connectivity index (χ4v) is 3.43. The van der Waals surface area contributed by atoms with Crippen LogP contribution < -0.4 is 15.4 Å². The number of nitrogens with zero attached hydrogens (tertiary/aromatic N) is 4. The van der Waals surface area contributed by atoms with Crippen LogP contribution in [0.2, 0.25) is 0 Å². The van der Waals surface area contributed by atoms with Crippen molar-refractivity contribution in [2.24, 2.45) is 0 Å². The van der Waals surface area contributed by atoms with Crippen molar-refractivity contribution in [3.05, 3.63) is 60.4 Å². The van der Waals surface area contributed by atoms with Crippen LogP contribution >= 0.6 is 0 Å². The first kappa shape index (κ1) is 19.6. The average Bonchev–Trinajstić information content (AvgIpc) is 3.47. The van der Waals surface area contributed by atoms with E-state index in [1.165, 1.54) is 11.0 Å². The molecule has 1 aliphatic rings. The number of nitrogens with one attached hydrogen (secondary N) is 2. The molecule has 4 rings (SSSR count). The van der Waals surface area contributed by atoms with E-state index in [4.69, 9.17) is 4.74 Å². The van der Waals surface area contributed by atoms with E-state index in [1.54, 1.807) is 48.5 Å². The second-order valence-corrected chi connectivity index (χ2v) is 7.09. The highest BCUT2D eigenvalue weighted by Crippen LogP contribution is 2.20. The molecule has 0 unspecified atom stereocenters. The Labute approximate surface area is 173 Å². The summed E-state index contributed by atoms with van der Waals surface area (Å²) in [4.78, 5) is 25.0. The van der Waals surface area contributed by atoms with Gasteiger partial charge in [0.05, 0.1) is 16.9 Å². The summed E-state index contributed by atoms with van der Waals surface area (Å²) in [5, 5.41) is 16.8. The molecular weight excluding hydrogens is 384 g/mol. The molecule has 0 spiro atoms. The highest BCUT2D eigenvalue weighted by Gasteiger charge is 2.20. The summed E-state index contributed by atoms with van der Waals surface area (Å²) >= 11 is 0. The van der Waals surface area contributed by atoms with E-state index in [0.717, 1.165) is 31.4 Å². The van der Waals surface area contributed by atoms with Gasteiger partial charge in [0.15, 0.2) is 6.61 Å². The number of anilines is 1. The zero-order valence-corrected chi connectivity index (χ0v) is 16.3. The zero-order valence-electron chi connectivity index (χ0n) is 16.3. The summed E-state index contributed by atoms with van der Waals surface area (Å²) in [6, 6.07) is 14.2. The van der Waals surface area contributed by atoms with Gasteiger partial charge in [-0.2, -0.15) is 0 Å². The Balaban J connectivity index is 1.33. The van der Waals surface area contributed by atoms with Gasteiger partial charge >= 0.3 is 0 Å². The number of carbonyl (C=O) groups excluding carboxylic acids is 2. The molecule has 0 aliphatic heterocycles. The maximum absolute atomic E-state index is 12.6. The van der Waals surface area contributed by atoms with Crippen molar-refractivity contribution in [2.75, 3.05) is 11.9 Å². The third kappa shape index (κ3) is 4.80. The van der Waals surface area contributed by atoms with E-state index < -0.39 is 0 Å². The van der Waals surface area contributed by atoms with Crippen LogP contribution in [0.25, 0.3) is 5.69 Å². The number of rotatable bonds is 7. The van der Waals surface area contributed by atoms with Crippen LogP contribution in [0.4, 0.5) is 5.69 Å². The molecule has 1 fully saturated rings. The second kappa shape index (κ2) is 9.17. The largest absolute Gasteiger partial charge is 0.484 e. The number of hydrogen-bond donors (Lipinski definition) is 2. The van der Waals surface area contributed by atoms with E-state index in [-0.39, 0.29) is 24.5 Å². The fraction of sp³-hybridized carbons (Fsp3) is 0.286. The first-order chi connectivity index (χ1) is 14.7. The Morgan fingerprint density at radius 3 is 2.57 bits per heavy atom. The van der Waals surface area contributed by atoms with Gasteiger partial charge in [-0.05, 0) is 59.7 Å². The topological polar surface area (TPSA) is 111 Å². The van der Waals surface area contributed by atoms with Crippen molar-refractivity contribution in [1.29, 1.82) is 0 Å². The first-order valence-corrected chi connectivity index (χ1v) is 9.85. The smallest absolute Gasteiger partial charge is 0.262 e. The number of tetrazole rings is 1. The van der Waals surface area contributed by atoms with Crippen LogP contribution in [-0.2, 0) is 4.79 Å². The predicted octanol–water partition coefficient (Wildman–Crippen LogP) is 2.35. The van der Waals surface area contributed by atoms with Gasteiger partial charge in [0.1, 0.15) is 12.1 Å². The standard InChI is InChI=1S/C21H22N6O3/c28-20(13-30-17-11-9-16(10-12-17)27-14-22-25-26-27)24-19-8-4-3-7-18(19)21(29)23-15-5-1-2-6-15/h3-4,7-12,14-15H,1-2,5-6,13H2,(H,23,29)(H,24,28). The molecule has 9 nitrogen and oxygen atoms in total. The molecule has 0 atom stereocenters. The fourth-order valence-electron chi connectivity index (χ4n) is 3.43. The number of hydrogen-bond acceptors (Lipinski definition) is 6. The lowest BCUT2D eigenvalue weighted by Crippen LogP contribution is -2.33. The van der Waals surface area contributed by atoms with E-state index in [0.29, 0.717) is 17.0 Å². The highest BCUT2D eigenvalue weighted by molar-refractivity contribution is 6.04. The van der Waals surface area contributed by atoms with Crippen LogP contribution in [0.15, 0.2) is 54.9 Å². The molecule has 0 saturated heterocycles. The van der Waals surface area contributed by atoms with Crippen molar-refractivity contribution in [2.45, 2.75) is 31.7 Å². The predicted molar refractivity (Wildman–Crippen MR) is 109 cm³/mol. The molecule has 154 valence electrons. The molecule has 1 heterocycles. The summed E-state index contributed by atoms with van der Waals surface area (Å²) < 4.78 is 7.06. The molecule has 1 saturated carbocycles. The van der Waals surface area contributed by atoms with Gasteiger partial charge in [0.25, 0.3) is 11.8 Å². The van der Waals surface area contributed by atoms with Crippen LogP contribution in [-0.4, -0.2) is 44.7 Å². The quantitative estimate of drug-likeness (QED) is 0.623. The lowest BCUT2D eigenvalue weighted by Gasteiger charge is -2.15. The summed E-state index contributed by atoms with van der Waals surface area (Å²) in [6.07, 6.45) is 5.76. The SMILES string of the molecule is O=C(COc1ccc(-n2cnnn2)cc1)Nc1ccccc1C(=O)NC1CCCC1. The first-order valence-electron chi connectivity index (χ1n) is 9.85. The molecule has 0 radical (unpaired) electrons. The Morgan fingerprint density at radius 2 is 1.83 bits per heavy atom. The number of para-hydroxylation sites is 1. The number of carbonyl (C=O) groups is 2. The Morgan fingerprint density at radius 1 is 1.07 bits per heavy atom. The lowest BCUT2D eigenvalue weighted by molar-refractivity contribution is -0.118. The van der Waals surface area contributed by atoms with Crippen LogP contribution in [0.1, 0.15) is 36.0 Å². The average molecular weight is 406 g/mol. The molecule has 30 heavy (non-hydrogen) atoms. The van der Waals surface area contributed by atoms with Gasteiger partial charge in [0.2, 0.25) is 0 Å². The minimum Gasteiger partial charge on any atom is -0.484 e. The van der Waals surface area contributed by atoms with Crippen molar-refractivity contribution in [3.8, 4) is 11.4 Å². The van der Waals surface area contributed by atoms with Crippen LogP contribution in [0.5, 0.6) is 5.75 Å². The summed E-state index contributed by atoms with van der Waals surface area (Å²) in [5.74, 6) is 0.0202. The minimum absolute atomic E-state index is 0.170. The zero-order chi connectivity index (χ0) is 20.8. The van der Waals surface area contributed by atoms with Gasteiger partial charge in [-0.15, -0.1) is 5.10 Å². The summed E-state index contributed by atoms with van der Waals surface area (Å²) in [6.45, 7) is -0.178. The Bertz CT molecular complexity index is 998. The van der Waals surface area contributed by atoms with E-state index in [1.807, 2.05) is 0 Å². The molecular formula is C21H22N6O3. The lowest BCUT2D eigenvalue weighted by atomic mass is 10.1.